The summed E-state index contributed by atoms with van der Waals surface area (Å²) in [4.78, 5) is 38.0. The molecule has 0 unspecified atom stereocenters. The number of nitrogens with zero attached hydrogens (tertiary/aromatic N) is 4. The molecule has 4 rings (SSSR count). The fraction of sp³-hybridized carbons (Fsp3) is 0.700. The second-order valence-electron chi connectivity index (χ2n) is 8.59. The van der Waals surface area contributed by atoms with Crippen molar-refractivity contribution in [3.05, 3.63) is 23.3 Å². The van der Waals surface area contributed by atoms with Crippen molar-refractivity contribution in [3.63, 3.8) is 0 Å². The first-order valence-electron chi connectivity index (χ1n) is 9.93. The summed E-state index contributed by atoms with van der Waals surface area (Å²) in [7, 11) is 0. The van der Waals surface area contributed by atoms with Crippen LogP contribution in [0.25, 0.3) is 0 Å². The van der Waals surface area contributed by atoms with Crippen molar-refractivity contribution in [2.45, 2.75) is 46.1 Å². The fourth-order valence-electron chi connectivity index (χ4n) is 5.26. The molecule has 0 spiro atoms. The number of carbonyl (C=O) groups excluding carboxylic acids is 1. The maximum Gasteiger partial charge on any atom is 0.313 e. The van der Waals surface area contributed by atoms with E-state index >= 15 is 0 Å². The van der Waals surface area contributed by atoms with Crippen LogP contribution < -0.4 is 0 Å². The lowest BCUT2D eigenvalue weighted by atomic mass is 9.81. The number of rotatable bonds is 4. The minimum absolute atomic E-state index is 0.0220. The van der Waals surface area contributed by atoms with Crippen molar-refractivity contribution >= 4 is 11.9 Å². The molecule has 1 aromatic heterocycles. The maximum absolute atomic E-state index is 12.8. The number of carboxylic acids is 1. The molecule has 0 bridgehead atoms. The molecule has 2 atom stereocenters. The van der Waals surface area contributed by atoms with E-state index < -0.39 is 11.4 Å². The van der Waals surface area contributed by atoms with Gasteiger partial charge in [0.1, 0.15) is 11.2 Å². The number of hydrogen-bond acceptors (Lipinski definition) is 5. The molecule has 27 heavy (non-hydrogen) atoms. The first kappa shape index (κ1) is 18.3. The van der Waals surface area contributed by atoms with Gasteiger partial charge in [-0.25, -0.2) is 9.97 Å². The van der Waals surface area contributed by atoms with E-state index in [1.54, 1.807) is 0 Å². The Kier molecular flexibility index (Phi) is 4.66. The molecule has 3 fully saturated rings. The van der Waals surface area contributed by atoms with Crippen LogP contribution in [-0.4, -0.2) is 62.9 Å². The second-order valence-corrected chi connectivity index (χ2v) is 8.59. The van der Waals surface area contributed by atoms with Crippen LogP contribution in [0.5, 0.6) is 0 Å². The van der Waals surface area contributed by atoms with E-state index in [9.17, 15) is 14.7 Å². The molecule has 146 valence electrons. The van der Waals surface area contributed by atoms with Crippen molar-refractivity contribution in [3.8, 4) is 0 Å². The van der Waals surface area contributed by atoms with Gasteiger partial charge in [-0.1, -0.05) is 12.8 Å². The average molecular weight is 372 g/mol. The highest BCUT2D eigenvalue weighted by Crippen LogP contribution is 2.44. The molecule has 0 radical (unpaired) electrons. The molecule has 2 aliphatic heterocycles. The van der Waals surface area contributed by atoms with E-state index in [0.29, 0.717) is 32.7 Å². The Labute approximate surface area is 159 Å². The quantitative estimate of drug-likeness (QED) is 0.864. The van der Waals surface area contributed by atoms with Gasteiger partial charge in [0, 0.05) is 49.4 Å². The van der Waals surface area contributed by atoms with Crippen LogP contribution in [0.4, 0.5) is 0 Å². The normalized spacial score (nSPS) is 28.7. The number of aromatic nitrogens is 2. The predicted octanol–water partition coefficient (Wildman–Crippen LogP) is 1.63. The number of carbonyl (C=O) groups is 2. The molecule has 3 heterocycles. The van der Waals surface area contributed by atoms with E-state index in [1.165, 1.54) is 0 Å². The number of likely N-dealkylation sites (tertiary alicyclic amines) is 2. The van der Waals surface area contributed by atoms with Crippen LogP contribution in [0.1, 0.15) is 42.9 Å². The average Bonchev–Trinajstić information content (AvgIpc) is 3.27. The van der Waals surface area contributed by atoms with Crippen LogP contribution in [0.15, 0.2) is 6.07 Å². The van der Waals surface area contributed by atoms with E-state index in [1.807, 2.05) is 24.8 Å². The van der Waals surface area contributed by atoms with Gasteiger partial charge < -0.3 is 10.0 Å². The standard InChI is InChI=1S/C20H28N4O3/c1-13-7-14(2)22-17(21-13)10-23-8-16-9-24(12-20(16,11-23)19(26)27)18(25)15-5-3-4-6-15/h7,15-16H,3-6,8-12H2,1-2H3,(H,26,27)/t16-,20-/m0/s1. The van der Waals surface area contributed by atoms with Crippen molar-refractivity contribution in [1.29, 1.82) is 0 Å². The Hall–Kier alpha value is -2.02. The molecule has 3 aliphatic rings. The Bertz CT molecular complexity index is 741. The van der Waals surface area contributed by atoms with E-state index in [-0.39, 0.29) is 17.7 Å². The third-order valence-corrected chi connectivity index (χ3v) is 6.52. The van der Waals surface area contributed by atoms with Crippen LogP contribution in [0, 0.1) is 31.1 Å². The van der Waals surface area contributed by atoms with Gasteiger partial charge in [-0.3, -0.25) is 14.5 Å². The van der Waals surface area contributed by atoms with Crippen molar-refractivity contribution in [1.82, 2.24) is 19.8 Å². The summed E-state index contributed by atoms with van der Waals surface area (Å²) in [5, 5.41) is 10.0. The highest BCUT2D eigenvalue weighted by atomic mass is 16.4. The molecule has 7 heteroatoms. The zero-order valence-corrected chi connectivity index (χ0v) is 16.1. The highest BCUT2D eigenvalue weighted by molar-refractivity contribution is 5.83. The lowest BCUT2D eigenvalue weighted by molar-refractivity contribution is -0.149. The summed E-state index contributed by atoms with van der Waals surface area (Å²) < 4.78 is 0. The molecule has 7 nitrogen and oxygen atoms in total. The third kappa shape index (κ3) is 3.33. The first-order valence-corrected chi connectivity index (χ1v) is 9.93. The van der Waals surface area contributed by atoms with Gasteiger partial charge >= 0.3 is 5.97 Å². The molecular weight excluding hydrogens is 344 g/mol. The number of aliphatic carboxylic acids is 1. The third-order valence-electron chi connectivity index (χ3n) is 6.52. The smallest absolute Gasteiger partial charge is 0.313 e. The fourth-order valence-corrected chi connectivity index (χ4v) is 5.26. The molecule has 1 aliphatic carbocycles. The Morgan fingerprint density at radius 3 is 2.41 bits per heavy atom. The predicted molar refractivity (Wildman–Crippen MR) is 98.9 cm³/mol. The monoisotopic (exact) mass is 372 g/mol. The van der Waals surface area contributed by atoms with E-state index in [0.717, 1.165) is 42.9 Å². The number of aryl methyl sites for hydroxylation is 2. The van der Waals surface area contributed by atoms with E-state index in [4.69, 9.17) is 0 Å². The minimum Gasteiger partial charge on any atom is -0.481 e. The van der Waals surface area contributed by atoms with Crippen molar-refractivity contribution < 1.29 is 14.7 Å². The molecular formula is C20H28N4O3. The van der Waals surface area contributed by atoms with Crippen LogP contribution >= 0.6 is 0 Å². The molecule has 1 aromatic rings. The lowest BCUT2D eigenvalue weighted by Gasteiger charge is -2.26. The SMILES string of the molecule is Cc1cc(C)nc(CN2C[C@H]3CN(C(=O)C4CCCC4)C[C@@]3(C(=O)O)C2)n1. The second kappa shape index (κ2) is 6.86. The van der Waals surface area contributed by atoms with Crippen LogP contribution in [-0.2, 0) is 16.1 Å². The summed E-state index contributed by atoms with van der Waals surface area (Å²) in [6.45, 7) is 6.49. The maximum atomic E-state index is 12.8. The van der Waals surface area contributed by atoms with Gasteiger partial charge in [0.2, 0.25) is 5.91 Å². The summed E-state index contributed by atoms with van der Waals surface area (Å²) in [6.07, 6.45) is 4.13. The summed E-state index contributed by atoms with van der Waals surface area (Å²) in [5.41, 5.74) is 1.00. The first-order chi connectivity index (χ1) is 12.9. The van der Waals surface area contributed by atoms with Gasteiger partial charge in [-0.2, -0.15) is 0 Å². The number of hydrogen-bond donors (Lipinski definition) is 1. The zero-order valence-electron chi connectivity index (χ0n) is 16.1. The molecule has 1 saturated carbocycles. The Morgan fingerprint density at radius 1 is 1.15 bits per heavy atom. The van der Waals surface area contributed by atoms with Crippen molar-refractivity contribution in [2.24, 2.45) is 17.3 Å². The van der Waals surface area contributed by atoms with Crippen LogP contribution in [0.3, 0.4) is 0 Å². The molecule has 1 N–H and O–H groups in total. The summed E-state index contributed by atoms with van der Waals surface area (Å²) in [5.74, 6) is 0.220. The molecule has 0 aromatic carbocycles. The lowest BCUT2D eigenvalue weighted by Crippen LogP contribution is -2.43. The Balaban J connectivity index is 1.47. The zero-order chi connectivity index (χ0) is 19.2. The number of carboxylic acid groups (broad SMARTS) is 1. The van der Waals surface area contributed by atoms with Gasteiger partial charge in [0.05, 0.1) is 6.54 Å². The van der Waals surface area contributed by atoms with Gasteiger partial charge in [0.15, 0.2) is 0 Å². The largest absolute Gasteiger partial charge is 0.481 e. The Morgan fingerprint density at radius 2 is 1.81 bits per heavy atom. The topological polar surface area (TPSA) is 86.6 Å². The molecule has 2 saturated heterocycles. The minimum atomic E-state index is -0.854. The number of amides is 1. The van der Waals surface area contributed by atoms with E-state index in [2.05, 4.69) is 14.9 Å². The van der Waals surface area contributed by atoms with Gasteiger partial charge in [0.25, 0.3) is 0 Å². The van der Waals surface area contributed by atoms with Crippen LogP contribution in [0.2, 0.25) is 0 Å². The summed E-state index contributed by atoms with van der Waals surface area (Å²) in [6, 6.07) is 1.94. The molecule has 1 amide bonds. The van der Waals surface area contributed by atoms with Gasteiger partial charge in [-0.05, 0) is 32.8 Å². The number of fused-ring (bicyclic) bond motifs is 1. The van der Waals surface area contributed by atoms with Gasteiger partial charge in [-0.15, -0.1) is 0 Å². The van der Waals surface area contributed by atoms with Crippen molar-refractivity contribution in [2.75, 3.05) is 26.2 Å². The summed E-state index contributed by atoms with van der Waals surface area (Å²) >= 11 is 0. The highest BCUT2D eigenvalue weighted by Gasteiger charge is 2.58.